The second-order valence-corrected chi connectivity index (χ2v) is 15.2. The molecule has 8 aromatic rings. The van der Waals surface area contributed by atoms with Crippen LogP contribution < -0.4 is 4.90 Å². The van der Waals surface area contributed by atoms with E-state index in [-0.39, 0.29) is 11.0 Å². The van der Waals surface area contributed by atoms with E-state index in [9.17, 15) is 0 Å². The quantitative estimate of drug-likeness (QED) is 0.173. The van der Waals surface area contributed by atoms with Crippen LogP contribution in [0.1, 0.15) is 45.6 Å². The Labute approximate surface area is 295 Å². The maximum absolute atomic E-state index is 2.70. The highest BCUT2D eigenvalue weighted by molar-refractivity contribution is 6.30. The number of hydrogen-bond donors (Lipinski definition) is 0. The Morgan fingerprint density at radius 1 is 0.540 bits per heavy atom. The summed E-state index contributed by atoms with van der Waals surface area (Å²) in [5.41, 5.74) is 11.9. The zero-order chi connectivity index (χ0) is 33.6. The zero-order valence-corrected chi connectivity index (χ0v) is 29.1. The average Bonchev–Trinajstić information content (AvgIpc) is 3.38. The molecule has 0 radical (unpaired) electrons. The Morgan fingerprint density at radius 3 is 1.82 bits per heavy atom. The molecular weight excluding hydrogens is 603 g/mol. The molecule has 0 amide bonds. The summed E-state index contributed by atoms with van der Waals surface area (Å²) in [7, 11) is 0. The molecule has 1 nitrogen and oxygen atoms in total. The number of benzene rings is 8. The van der Waals surface area contributed by atoms with E-state index < -0.39 is 0 Å². The fourth-order valence-corrected chi connectivity index (χ4v) is 10.2. The van der Waals surface area contributed by atoms with Crippen LogP contribution in [0.15, 0.2) is 152 Å². The first-order valence-corrected chi connectivity index (χ1v) is 18.3. The van der Waals surface area contributed by atoms with Gasteiger partial charge in [0, 0.05) is 16.8 Å². The Morgan fingerprint density at radius 2 is 1.12 bits per heavy atom. The van der Waals surface area contributed by atoms with Gasteiger partial charge < -0.3 is 4.90 Å². The lowest BCUT2D eigenvalue weighted by Crippen LogP contribution is -2.59. The SMILES string of the molecule is CC1CCCC2(C)c3cc(-c4cc(-c5ccccc5)c5ccc6ccc(-c7ccccc7)c7ccc4c5c67)ccc3N(c3ccccc3)C12C. The highest BCUT2D eigenvalue weighted by atomic mass is 15.3. The highest BCUT2D eigenvalue weighted by Gasteiger charge is 2.60. The lowest BCUT2D eigenvalue weighted by molar-refractivity contribution is 0.130. The number of fused-ring (bicyclic) bond motifs is 3. The van der Waals surface area contributed by atoms with Crippen LogP contribution in [0.25, 0.3) is 65.7 Å². The number of rotatable bonds is 4. The normalized spacial score (nSPS) is 21.6. The first-order chi connectivity index (χ1) is 24.5. The van der Waals surface area contributed by atoms with Crippen LogP contribution in [0.3, 0.4) is 0 Å². The number of anilines is 2. The maximum Gasteiger partial charge on any atom is 0.0543 e. The predicted octanol–water partition coefficient (Wildman–Crippen LogP) is 13.6. The third-order valence-electron chi connectivity index (χ3n) is 13.0. The van der Waals surface area contributed by atoms with Crippen LogP contribution in [0, 0.1) is 5.92 Å². The molecule has 3 atom stereocenters. The predicted molar refractivity (Wildman–Crippen MR) is 214 cm³/mol. The Balaban J connectivity index is 1.27. The first-order valence-electron chi connectivity index (χ1n) is 18.3. The summed E-state index contributed by atoms with van der Waals surface area (Å²) in [4.78, 5) is 2.70. The molecule has 1 aliphatic carbocycles. The van der Waals surface area contributed by atoms with E-state index in [1.165, 1.54) is 102 Å². The van der Waals surface area contributed by atoms with Crippen LogP contribution in [-0.2, 0) is 5.41 Å². The molecule has 10 rings (SSSR count). The minimum Gasteiger partial charge on any atom is -0.334 e. The molecule has 3 unspecified atom stereocenters. The smallest absolute Gasteiger partial charge is 0.0543 e. The minimum atomic E-state index is -0.0146. The second-order valence-electron chi connectivity index (χ2n) is 15.2. The molecule has 1 saturated carbocycles. The summed E-state index contributed by atoms with van der Waals surface area (Å²) >= 11 is 0. The maximum atomic E-state index is 2.70. The van der Waals surface area contributed by atoms with Gasteiger partial charge in [0.15, 0.2) is 0 Å². The van der Waals surface area contributed by atoms with E-state index >= 15 is 0 Å². The minimum absolute atomic E-state index is 0.0146. The van der Waals surface area contributed by atoms with Crippen molar-refractivity contribution in [2.75, 3.05) is 4.90 Å². The van der Waals surface area contributed by atoms with Crippen LogP contribution in [0.5, 0.6) is 0 Å². The Kier molecular flexibility index (Phi) is 6.37. The highest BCUT2D eigenvalue weighted by Crippen LogP contribution is 2.63. The summed E-state index contributed by atoms with van der Waals surface area (Å²) in [5, 5.41) is 7.97. The van der Waals surface area contributed by atoms with E-state index in [0.29, 0.717) is 5.92 Å². The van der Waals surface area contributed by atoms with Crippen molar-refractivity contribution < 1.29 is 0 Å². The Bertz CT molecular complexity index is 2550. The molecule has 0 bridgehead atoms. The molecular formula is C49H41N. The third kappa shape index (κ3) is 3.95. The molecule has 0 saturated heterocycles. The van der Waals surface area contributed by atoms with Gasteiger partial charge in [-0.05, 0) is 127 Å². The zero-order valence-electron chi connectivity index (χ0n) is 29.1. The van der Waals surface area contributed by atoms with E-state index in [0.717, 1.165) is 0 Å². The standard InChI is InChI=1S/C49H41N/c1-32-14-13-29-48(2)44-30-36(23-28-45(44)50(49(32,48)3)37-19-11-6-12-20-37)43-31-42(34-17-9-5-10-18-34)40-25-22-35-21-24-38(33-15-7-4-8-16-33)39-26-27-41(43)47(40)46(35)39/h4-12,15-28,30-32H,13-14,29H2,1-3H3. The molecule has 1 aliphatic heterocycles. The van der Waals surface area contributed by atoms with Gasteiger partial charge in [-0.15, -0.1) is 0 Å². The molecule has 0 aromatic heterocycles. The molecule has 50 heavy (non-hydrogen) atoms. The van der Waals surface area contributed by atoms with Gasteiger partial charge in [-0.25, -0.2) is 0 Å². The van der Waals surface area contributed by atoms with Gasteiger partial charge in [-0.1, -0.05) is 142 Å². The molecule has 0 N–H and O–H groups in total. The summed E-state index contributed by atoms with van der Waals surface area (Å²) in [6.07, 6.45) is 3.72. The fourth-order valence-electron chi connectivity index (χ4n) is 10.2. The number of nitrogens with zero attached hydrogens (tertiary/aromatic N) is 1. The lowest BCUT2D eigenvalue weighted by Gasteiger charge is -2.54. The van der Waals surface area contributed by atoms with Gasteiger partial charge in [0.05, 0.1) is 5.54 Å². The largest absolute Gasteiger partial charge is 0.334 e. The first kappa shape index (κ1) is 29.5. The van der Waals surface area contributed by atoms with Gasteiger partial charge in [-0.3, -0.25) is 0 Å². The third-order valence-corrected chi connectivity index (χ3v) is 13.0. The second kappa shape index (κ2) is 10.8. The molecule has 1 fully saturated rings. The van der Waals surface area contributed by atoms with Crippen molar-refractivity contribution in [3.05, 3.63) is 157 Å². The topological polar surface area (TPSA) is 3.24 Å². The van der Waals surface area contributed by atoms with Gasteiger partial charge in [0.2, 0.25) is 0 Å². The van der Waals surface area contributed by atoms with Gasteiger partial charge >= 0.3 is 0 Å². The van der Waals surface area contributed by atoms with E-state index in [4.69, 9.17) is 0 Å². The molecule has 242 valence electrons. The van der Waals surface area contributed by atoms with Crippen molar-refractivity contribution in [1.82, 2.24) is 0 Å². The van der Waals surface area contributed by atoms with Crippen molar-refractivity contribution in [3.8, 4) is 33.4 Å². The summed E-state index contributed by atoms with van der Waals surface area (Å²) in [5.74, 6) is 0.565. The molecule has 1 heteroatoms. The van der Waals surface area contributed by atoms with Gasteiger partial charge in [0.25, 0.3) is 0 Å². The Hall–Kier alpha value is -5.40. The van der Waals surface area contributed by atoms with Crippen molar-refractivity contribution >= 4 is 43.7 Å². The molecule has 2 aliphatic rings. The van der Waals surface area contributed by atoms with Crippen molar-refractivity contribution in [2.24, 2.45) is 5.92 Å². The monoisotopic (exact) mass is 643 g/mol. The van der Waals surface area contributed by atoms with Gasteiger partial charge in [0.1, 0.15) is 0 Å². The van der Waals surface area contributed by atoms with Gasteiger partial charge in [-0.2, -0.15) is 0 Å². The molecule has 0 spiro atoms. The summed E-state index contributed by atoms with van der Waals surface area (Å²) in [6, 6.07) is 56.9. The molecule has 1 heterocycles. The van der Waals surface area contributed by atoms with Crippen LogP contribution in [0.2, 0.25) is 0 Å². The van der Waals surface area contributed by atoms with E-state index in [1.807, 2.05) is 0 Å². The summed E-state index contributed by atoms with van der Waals surface area (Å²) in [6.45, 7) is 7.58. The number of hydrogen-bond acceptors (Lipinski definition) is 1. The van der Waals surface area contributed by atoms with Crippen LogP contribution in [-0.4, -0.2) is 5.54 Å². The molecule has 8 aromatic carbocycles. The van der Waals surface area contributed by atoms with Crippen molar-refractivity contribution in [1.29, 1.82) is 0 Å². The van der Waals surface area contributed by atoms with E-state index in [1.54, 1.807) is 0 Å². The van der Waals surface area contributed by atoms with Crippen molar-refractivity contribution in [2.45, 2.75) is 51.0 Å². The van der Waals surface area contributed by atoms with Crippen LogP contribution >= 0.6 is 0 Å². The number of para-hydroxylation sites is 1. The van der Waals surface area contributed by atoms with E-state index in [2.05, 4.69) is 177 Å². The van der Waals surface area contributed by atoms with Crippen LogP contribution in [0.4, 0.5) is 11.4 Å². The van der Waals surface area contributed by atoms with Crippen molar-refractivity contribution in [3.63, 3.8) is 0 Å². The lowest BCUT2D eigenvalue weighted by atomic mass is 9.57. The average molecular weight is 644 g/mol. The fraction of sp³-hybridized carbons (Fsp3) is 0.184. The summed E-state index contributed by atoms with van der Waals surface area (Å²) < 4.78 is 0.